The van der Waals surface area contributed by atoms with Gasteiger partial charge in [-0.3, -0.25) is 4.79 Å². The van der Waals surface area contributed by atoms with Gasteiger partial charge in [-0.2, -0.15) is 5.10 Å². The molecule has 0 aliphatic rings. The van der Waals surface area contributed by atoms with E-state index in [4.69, 9.17) is 37.4 Å². The van der Waals surface area contributed by atoms with E-state index in [2.05, 4.69) is 10.5 Å². The molecule has 0 atom stereocenters. The fraction of sp³-hybridized carbons (Fsp3) is 0.133. The summed E-state index contributed by atoms with van der Waals surface area (Å²) in [4.78, 5) is 12.8. The highest BCUT2D eigenvalue weighted by Crippen LogP contribution is 2.29. The number of amides is 1. The summed E-state index contributed by atoms with van der Waals surface area (Å²) in [6, 6.07) is 27.4. The number of hydrazone groups is 1. The molecule has 0 saturated carbocycles. The number of carbonyl (C=O) groups is 1. The van der Waals surface area contributed by atoms with Crippen LogP contribution in [0.4, 0.5) is 0 Å². The van der Waals surface area contributed by atoms with Crippen molar-refractivity contribution in [3.63, 3.8) is 0 Å². The third kappa shape index (κ3) is 7.75. The van der Waals surface area contributed by atoms with Gasteiger partial charge in [-0.05, 0) is 66.6 Å². The molecule has 194 valence electrons. The number of benzene rings is 4. The highest BCUT2D eigenvalue weighted by Gasteiger charge is 2.12. The maximum Gasteiger partial charge on any atom is 0.271 e. The van der Waals surface area contributed by atoms with E-state index in [9.17, 15) is 4.79 Å². The lowest BCUT2D eigenvalue weighted by molar-refractivity contribution is 0.0954. The molecule has 6 nitrogen and oxygen atoms in total. The summed E-state index contributed by atoms with van der Waals surface area (Å²) in [5.74, 6) is 1.20. The van der Waals surface area contributed by atoms with Crippen LogP contribution < -0.4 is 19.6 Å². The van der Waals surface area contributed by atoms with Crippen LogP contribution in [0.5, 0.6) is 17.2 Å². The Kier molecular flexibility index (Phi) is 9.62. The number of hydrogen-bond donors (Lipinski definition) is 1. The van der Waals surface area contributed by atoms with Crippen LogP contribution in [-0.4, -0.2) is 18.7 Å². The molecule has 0 saturated heterocycles. The summed E-state index contributed by atoms with van der Waals surface area (Å²) in [7, 11) is 0. The second kappa shape index (κ2) is 13.5. The van der Waals surface area contributed by atoms with Crippen LogP contribution in [0.2, 0.25) is 10.0 Å². The smallest absolute Gasteiger partial charge is 0.271 e. The number of rotatable bonds is 11. The molecule has 8 heteroatoms. The zero-order chi connectivity index (χ0) is 26.7. The molecule has 0 aliphatic carbocycles. The lowest BCUT2D eigenvalue weighted by Crippen LogP contribution is -2.18. The van der Waals surface area contributed by atoms with Gasteiger partial charge in [-0.15, -0.1) is 0 Å². The third-order valence-corrected chi connectivity index (χ3v) is 5.88. The van der Waals surface area contributed by atoms with Gasteiger partial charge in [0.05, 0.1) is 12.8 Å². The Balaban J connectivity index is 1.41. The minimum Gasteiger partial charge on any atom is -0.490 e. The van der Waals surface area contributed by atoms with Gasteiger partial charge in [-0.25, -0.2) is 5.43 Å². The van der Waals surface area contributed by atoms with Gasteiger partial charge in [-0.1, -0.05) is 65.7 Å². The number of hydrogen-bond acceptors (Lipinski definition) is 5. The summed E-state index contributed by atoms with van der Waals surface area (Å²) in [5.41, 5.74) is 5.53. The number of halogens is 2. The Hall–Kier alpha value is -4.00. The van der Waals surface area contributed by atoms with E-state index in [1.807, 2.05) is 49.4 Å². The minimum absolute atomic E-state index is 0.338. The molecule has 1 N–H and O–H groups in total. The molecule has 0 aliphatic heterocycles. The van der Waals surface area contributed by atoms with Crippen LogP contribution in [0.15, 0.2) is 96.1 Å². The van der Waals surface area contributed by atoms with E-state index >= 15 is 0 Å². The molecule has 4 rings (SSSR count). The zero-order valence-corrected chi connectivity index (χ0v) is 22.2. The largest absolute Gasteiger partial charge is 0.490 e. The first-order valence-corrected chi connectivity index (χ1v) is 12.7. The van der Waals surface area contributed by atoms with E-state index in [0.717, 1.165) is 11.1 Å². The van der Waals surface area contributed by atoms with Crippen molar-refractivity contribution in [3.05, 3.63) is 123 Å². The average molecular weight is 549 g/mol. The fourth-order valence-corrected chi connectivity index (χ4v) is 3.80. The first-order valence-electron chi connectivity index (χ1n) is 12.0. The zero-order valence-electron chi connectivity index (χ0n) is 20.7. The number of nitrogens with one attached hydrogen (secondary N) is 1. The first-order chi connectivity index (χ1) is 18.5. The van der Waals surface area contributed by atoms with Crippen molar-refractivity contribution in [2.24, 2.45) is 5.10 Å². The van der Waals surface area contributed by atoms with E-state index < -0.39 is 5.91 Å². The molecule has 0 unspecified atom stereocenters. The molecule has 1 amide bonds. The Bertz CT molecular complexity index is 1390. The van der Waals surface area contributed by atoms with Crippen molar-refractivity contribution in [3.8, 4) is 17.2 Å². The van der Waals surface area contributed by atoms with Gasteiger partial charge in [0.25, 0.3) is 5.91 Å². The van der Waals surface area contributed by atoms with Crippen molar-refractivity contribution < 1.29 is 19.0 Å². The summed E-state index contributed by atoms with van der Waals surface area (Å²) in [6.45, 7) is 3.03. The third-order valence-electron chi connectivity index (χ3n) is 5.39. The summed E-state index contributed by atoms with van der Waals surface area (Å²) >= 11 is 12.1. The van der Waals surface area contributed by atoms with Crippen molar-refractivity contribution in [2.45, 2.75) is 20.1 Å². The molecule has 0 radical (unpaired) electrons. The second-order valence-electron chi connectivity index (χ2n) is 8.17. The SMILES string of the molecule is CCOc1cc(C(=O)N/N=C/c2cc(Cl)ccc2OCc2ccc(Cl)cc2)ccc1OCc1ccccc1. The van der Waals surface area contributed by atoms with Crippen LogP contribution in [0.1, 0.15) is 34.0 Å². The van der Waals surface area contributed by atoms with Crippen molar-refractivity contribution in [1.29, 1.82) is 0 Å². The predicted octanol–water partition coefficient (Wildman–Crippen LogP) is 7.31. The standard InChI is InChI=1S/C30H26Cl2N2O4/c1-2-36-29-17-23(10-14-28(29)38-19-21-6-4-3-5-7-21)30(35)34-33-18-24-16-26(32)13-15-27(24)37-20-22-8-11-25(31)12-9-22/h3-18H,2,19-20H2,1H3,(H,34,35)/b33-18+. The molecule has 0 bridgehead atoms. The Morgan fingerprint density at radius 3 is 2.16 bits per heavy atom. The molecule has 4 aromatic rings. The average Bonchev–Trinajstić information content (AvgIpc) is 2.93. The van der Waals surface area contributed by atoms with Crippen molar-refractivity contribution in [1.82, 2.24) is 5.43 Å². The number of ether oxygens (including phenoxy) is 3. The monoisotopic (exact) mass is 548 g/mol. The van der Waals surface area contributed by atoms with Crippen LogP contribution in [0.3, 0.4) is 0 Å². The highest BCUT2D eigenvalue weighted by atomic mass is 35.5. The van der Waals surface area contributed by atoms with E-state index in [1.165, 1.54) is 6.21 Å². The van der Waals surface area contributed by atoms with Crippen LogP contribution >= 0.6 is 23.2 Å². The maximum atomic E-state index is 12.8. The van der Waals surface area contributed by atoms with Crippen LogP contribution in [-0.2, 0) is 13.2 Å². The Labute approximate surface area is 231 Å². The number of nitrogens with zero attached hydrogens (tertiary/aromatic N) is 1. The fourth-order valence-electron chi connectivity index (χ4n) is 3.49. The first kappa shape index (κ1) is 27.0. The van der Waals surface area contributed by atoms with E-state index in [0.29, 0.717) is 58.2 Å². The molecular formula is C30H26Cl2N2O4. The molecule has 0 fully saturated rings. The lowest BCUT2D eigenvalue weighted by Gasteiger charge is -2.13. The topological polar surface area (TPSA) is 69.2 Å². The minimum atomic E-state index is -0.400. The molecule has 0 aromatic heterocycles. The molecule has 0 heterocycles. The maximum absolute atomic E-state index is 12.8. The van der Waals surface area contributed by atoms with Crippen molar-refractivity contribution in [2.75, 3.05) is 6.61 Å². The summed E-state index contributed by atoms with van der Waals surface area (Å²) < 4.78 is 17.6. The summed E-state index contributed by atoms with van der Waals surface area (Å²) in [5, 5.41) is 5.28. The molecular weight excluding hydrogens is 523 g/mol. The van der Waals surface area contributed by atoms with Gasteiger partial charge in [0.2, 0.25) is 0 Å². The lowest BCUT2D eigenvalue weighted by atomic mass is 10.2. The number of carbonyl (C=O) groups excluding carboxylic acids is 1. The van der Waals surface area contributed by atoms with Crippen LogP contribution in [0, 0.1) is 0 Å². The van der Waals surface area contributed by atoms with Gasteiger partial charge in [0.1, 0.15) is 19.0 Å². The van der Waals surface area contributed by atoms with Gasteiger partial charge in [0, 0.05) is 21.2 Å². The normalized spacial score (nSPS) is 10.8. The molecule has 0 spiro atoms. The Morgan fingerprint density at radius 2 is 1.42 bits per heavy atom. The van der Waals surface area contributed by atoms with E-state index in [1.54, 1.807) is 48.5 Å². The van der Waals surface area contributed by atoms with E-state index in [-0.39, 0.29) is 0 Å². The highest BCUT2D eigenvalue weighted by molar-refractivity contribution is 6.31. The molecule has 38 heavy (non-hydrogen) atoms. The van der Waals surface area contributed by atoms with Gasteiger partial charge in [0.15, 0.2) is 11.5 Å². The molecule has 4 aromatic carbocycles. The Morgan fingerprint density at radius 1 is 0.763 bits per heavy atom. The van der Waals surface area contributed by atoms with Gasteiger partial charge < -0.3 is 14.2 Å². The second-order valence-corrected chi connectivity index (χ2v) is 9.04. The summed E-state index contributed by atoms with van der Waals surface area (Å²) in [6.07, 6.45) is 1.49. The van der Waals surface area contributed by atoms with Crippen molar-refractivity contribution >= 4 is 35.3 Å². The van der Waals surface area contributed by atoms with Crippen LogP contribution in [0.25, 0.3) is 0 Å². The predicted molar refractivity (Wildman–Crippen MR) is 151 cm³/mol. The quantitative estimate of drug-likeness (QED) is 0.157. The van der Waals surface area contributed by atoms with Gasteiger partial charge >= 0.3 is 0 Å².